The third-order valence-electron chi connectivity index (χ3n) is 2.91. The highest BCUT2D eigenvalue weighted by atomic mass is 32.2. The van der Waals surface area contributed by atoms with E-state index in [2.05, 4.69) is 31.3 Å². The first-order valence-corrected chi connectivity index (χ1v) is 7.73. The molecule has 2 aromatic rings. The van der Waals surface area contributed by atoms with Gasteiger partial charge in [-0.05, 0) is 30.9 Å². The van der Waals surface area contributed by atoms with Crippen LogP contribution in [0.25, 0.3) is 10.9 Å². The molecule has 19 heavy (non-hydrogen) atoms. The molecule has 0 radical (unpaired) electrons. The molecule has 1 aromatic heterocycles. The monoisotopic (exact) mass is 276 g/mol. The number of pyridine rings is 1. The van der Waals surface area contributed by atoms with Gasteiger partial charge >= 0.3 is 0 Å². The molecule has 4 heteroatoms. The molecule has 0 aliphatic rings. The summed E-state index contributed by atoms with van der Waals surface area (Å²) in [5.41, 5.74) is 2.24. The molecule has 0 spiro atoms. The number of rotatable bonds is 6. The van der Waals surface area contributed by atoms with Gasteiger partial charge in [-0.1, -0.05) is 6.92 Å². The van der Waals surface area contributed by atoms with Crippen molar-refractivity contribution < 1.29 is 4.74 Å². The van der Waals surface area contributed by atoms with E-state index < -0.39 is 0 Å². The van der Waals surface area contributed by atoms with Gasteiger partial charge in [-0.25, -0.2) is 4.98 Å². The highest BCUT2D eigenvalue weighted by Gasteiger charge is 2.07. The van der Waals surface area contributed by atoms with Gasteiger partial charge in [-0.3, -0.25) is 0 Å². The number of hydrogen-bond acceptors (Lipinski definition) is 4. The average molecular weight is 276 g/mol. The van der Waals surface area contributed by atoms with Crippen molar-refractivity contribution in [3.05, 3.63) is 29.8 Å². The third-order valence-corrected chi connectivity index (χ3v) is 3.83. The minimum Gasteiger partial charge on any atom is -0.497 e. The Labute approximate surface area is 118 Å². The summed E-state index contributed by atoms with van der Waals surface area (Å²) < 4.78 is 5.25. The Morgan fingerprint density at radius 1 is 1.26 bits per heavy atom. The van der Waals surface area contributed by atoms with Crippen molar-refractivity contribution in [2.45, 2.75) is 19.6 Å². The summed E-state index contributed by atoms with van der Waals surface area (Å²) in [6, 6.07) is 8.25. The highest BCUT2D eigenvalue weighted by Crippen LogP contribution is 2.26. The van der Waals surface area contributed by atoms with Gasteiger partial charge in [-0.2, -0.15) is 11.8 Å². The number of methoxy groups -OCH3 is 1. The van der Waals surface area contributed by atoms with Crippen LogP contribution in [0.3, 0.4) is 0 Å². The second kappa shape index (κ2) is 6.66. The van der Waals surface area contributed by atoms with Crippen LogP contribution in [0.15, 0.2) is 24.3 Å². The topological polar surface area (TPSA) is 34.2 Å². The van der Waals surface area contributed by atoms with Crippen molar-refractivity contribution in [3.8, 4) is 5.75 Å². The minimum absolute atomic E-state index is 0.845. The largest absolute Gasteiger partial charge is 0.497 e. The van der Waals surface area contributed by atoms with Crippen LogP contribution in [0.4, 0.5) is 5.82 Å². The Morgan fingerprint density at radius 3 is 2.79 bits per heavy atom. The number of fused-ring (bicyclic) bond motifs is 1. The number of nitrogens with one attached hydrogen (secondary N) is 1. The molecule has 1 heterocycles. The summed E-state index contributed by atoms with van der Waals surface area (Å²) in [6.45, 7) is 5.15. The van der Waals surface area contributed by atoms with Gasteiger partial charge in [0.1, 0.15) is 11.6 Å². The zero-order chi connectivity index (χ0) is 13.7. The number of aromatic nitrogens is 1. The summed E-state index contributed by atoms with van der Waals surface area (Å²) in [7, 11) is 1.68. The Hall–Kier alpha value is -1.42. The molecular weight excluding hydrogens is 256 g/mol. The van der Waals surface area contributed by atoms with E-state index in [4.69, 9.17) is 9.72 Å². The minimum atomic E-state index is 0.845. The fraction of sp³-hybridized carbons (Fsp3) is 0.400. The van der Waals surface area contributed by atoms with Gasteiger partial charge < -0.3 is 10.1 Å². The molecule has 2 rings (SSSR count). The standard InChI is InChI=1S/C15H20N2OS/c1-4-16-15-12(10-19-5-2)8-11-6-7-13(18-3)9-14(11)17-15/h6-9H,4-5,10H2,1-3H3,(H,16,17). The van der Waals surface area contributed by atoms with Gasteiger partial charge in [-0.15, -0.1) is 0 Å². The smallest absolute Gasteiger partial charge is 0.130 e. The van der Waals surface area contributed by atoms with Crippen LogP contribution in [-0.4, -0.2) is 24.4 Å². The molecule has 0 saturated carbocycles. The maximum absolute atomic E-state index is 5.25. The number of thioether (sulfide) groups is 1. The fourth-order valence-electron chi connectivity index (χ4n) is 1.96. The molecule has 102 valence electrons. The van der Waals surface area contributed by atoms with Crippen molar-refractivity contribution in [1.82, 2.24) is 4.98 Å². The van der Waals surface area contributed by atoms with E-state index in [1.165, 1.54) is 5.56 Å². The van der Waals surface area contributed by atoms with E-state index in [-0.39, 0.29) is 0 Å². The summed E-state index contributed by atoms with van der Waals surface area (Å²) in [5, 5.41) is 4.51. The second-order valence-corrected chi connectivity index (χ2v) is 5.50. The van der Waals surface area contributed by atoms with Crippen molar-refractivity contribution >= 4 is 28.5 Å². The number of anilines is 1. The maximum Gasteiger partial charge on any atom is 0.130 e. The van der Waals surface area contributed by atoms with Gasteiger partial charge in [0, 0.05) is 29.3 Å². The zero-order valence-corrected chi connectivity index (χ0v) is 12.5. The van der Waals surface area contributed by atoms with Crippen LogP contribution in [0.5, 0.6) is 5.75 Å². The SMILES string of the molecule is CCNc1nc2cc(OC)ccc2cc1CSCC. The maximum atomic E-state index is 5.25. The molecule has 0 unspecified atom stereocenters. The quantitative estimate of drug-likeness (QED) is 0.867. The molecule has 3 nitrogen and oxygen atoms in total. The van der Waals surface area contributed by atoms with Gasteiger partial charge in [0.05, 0.1) is 12.6 Å². The van der Waals surface area contributed by atoms with Crippen LogP contribution in [0, 0.1) is 0 Å². The van der Waals surface area contributed by atoms with Crippen LogP contribution in [-0.2, 0) is 5.75 Å². The van der Waals surface area contributed by atoms with Gasteiger partial charge in [0.2, 0.25) is 0 Å². The van der Waals surface area contributed by atoms with E-state index in [0.29, 0.717) is 0 Å². The summed E-state index contributed by atoms with van der Waals surface area (Å²) in [4.78, 5) is 4.72. The number of hydrogen-bond donors (Lipinski definition) is 1. The highest BCUT2D eigenvalue weighted by molar-refractivity contribution is 7.98. The second-order valence-electron chi connectivity index (χ2n) is 4.22. The van der Waals surface area contributed by atoms with Crippen LogP contribution in [0.1, 0.15) is 19.4 Å². The molecule has 0 fully saturated rings. The first kappa shape index (κ1) is 14.0. The van der Waals surface area contributed by atoms with Gasteiger partial charge in [0.25, 0.3) is 0 Å². The molecule has 0 aliphatic carbocycles. The molecule has 0 atom stereocenters. The lowest BCUT2D eigenvalue weighted by atomic mass is 10.1. The molecule has 1 N–H and O–H groups in total. The first-order valence-electron chi connectivity index (χ1n) is 6.57. The summed E-state index contributed by atoms with van der Waals surface area (Å²) >= 11 is 1.91. The Bertz CT molecular complexity index is 557. The van der Waals surface area contributed by atoms with E-state index in [0.717, 1.165) is 40.5 Å². The normalized spacial score (nSPS) is 10.7. The van der Waals surface area contributed by atoms with E-state index in [9.17, 15) is 0 Å². The zero-order valence-electron chi connectivity index (χ0n) is 11.7. The number of nitrogens with zero attached hydrogens (tertiary/aromatic N) is 1. The third kappa shape index (κ3) is 3.32. The lowest BCUT2D eigenvalue weighted by molar-refractivity contribution is 0.415. The average Bonchev–Trinajstić information content (AvgIpc) is 2.44. The summed E-state index contributed by atoms with van der Waals surface area (Å²) in [5.74, 6) is 3.95. The van der Waals surface area contributed by atoms with Gasteiger partial charge in [0.15, 0.2) is 0 Å². The number of benzene rings is 1. The molecule has 0 bridgehead atoms. The van der Waals surface area contributed by atoms with Crippen LogP contribution in [0.2, 0.25) is 0 Å². The molecule has 0 aliphatic heterocycles. The summed E-state index contributed by atoms with van der Waals surface area (Å²) in [6.07, 6.45) is 0. The molecule has 0 amide bonds. The molecule has 0 saturated heterocycles. The first-order chi connectivity index (χ1) is 9.28. The van der Waals surface area contributed by atoms with Crippen molar-refractivity contribution in [2.75, 3.05) is 24.7 Å². The van der Waals surface area contributed by atoms with Crippen molar-refractivity contribution in [1.29, 1.82) is 0 Å². The molecular formula is C15H20N2OS. The Kier molecular flexibility index (Phi) is 4.91. The Morgan fingerprint density at radius 2 is 2.11 bits per heavy atom. The lowest BCUT2D eigenvalue weighted by Crippen LogP contribution is -2.03. The fourth-order valence-corrected chi connectivity index (χ4v) is 2.60. The van der Waals surface area contributed by atoms with Crippen molar-refractivity contribution in [3.63, 3.8) is 0 Å². The van der Waals surface area contributed by atoms with E-state index >= 15 is 0 Å². The predicted molar refractivity (Wildman–Crippen MR) is 84.3 cm³/mol. The van der Waals surface area contributed by atoms with E-state index in [1.54, 1.807) is 7.11 Å². The van der Waals surface area contributed by atoms with Crippen LogP contribution >= 0.6 is 11.8 Å². The number of ether oxygens (including phenoxy) is 1. The predicted octanol–water partition coefficient (Wildman–Crippen LogP) is 3.93. The lowest BCUT2D eigenvalue weighted by Gasteiger charge is -2.11. The Balaban J connectivity index is 2.45. The van der Waals surface area contributed by atoms with Crippen LogP contribution < -0.4 is 10.1 Å². The molecule has 1 aromatic carbocycles. The van der Waals surface area contributed by atoms with E-state index in [1.807, 2.05) is 23.9 Å². The van der Waals surface area contributed by atoms with Crippen molar-refractivity contribution in [2.24, 2.45) is 0 Å².